The van der Waals surface area contributed by atoms with Crippen molar-refractivity contribution in [2.75, 3.05) is 0 Å². The zero-order valence-corrected chi connectivity index (χ0v) is 10.6. The lowest BCUT2D eigenvalue weighted by Gasteiger charge is -2.05. The van der Waals surface area contributed by atoms with Crippen LogP contribution in [0.1, 0.15) is 0 Å². The van der Waals surface area contributed by atoms with Crippen LogP contribution in [0, 0.1) is 0 Å². The van der Waals surface area contributed by atoms with Crippen molar-refractivity contribution >= 4 is 22.6 Å². The average Bonchev–Trinajstić information content (AvgIpc) is 2.42. The molecular weight excluding hydrogens is 264 g/mol. The van der Waals surface area contributed by atoms with Crippen molar-refractivity contribution in [2.24, 2.45) is 0 Å². The van der Waals surface area contributed by atoms with E-state index in [1.807, 2.05) is 18.2 Å². The summed E-state index contributed by atoms with van der Waals surface area (Å²) in [4.78, 5) is 11.8. The number of halogens is 1. The van der Waals surface area contributed by atoms with E-state index in [4.69, 9.17) is 20.8 Å². The second-order valence-electron chi connectivity index (χ2n) is 3.99. The molecule has 0 unspecified atom stereocenters. The SMILES string of the molecule is O=c1oc2ccccc2cc1Oc1ccc(Cl)cc1. The van der Waals surface area contributed by atoms with Gasteiger partial charge < -0.3 is 9.15 Å². The second-order valence-corrected chi connectivity index (χ2v) is 4.43. The van der Waals surface area contributed by atoms with Crippen LogP contribution in [0.5, 0.6) is 11.5 Å². The van der Waals surface area contributed by atoms with E-state index >= 15 is 0 Å². The van der Waals surface area contributed by atoms with Crippen molar-refractivity contribution in [3.63, 3.8) is 0 Å². The van der Waals surface area contributed by atoms with Gasteiger partial charge in [0.05, 0.1) is 0 Å². The molecule has 3 rings (SSSR count). The summed E-state index contributed by atoms with van der Waals surface area (Å²) in [5.41, 5.74) is 0.0320. The highest BCUT2D eigenvalue weighted by atomic mass is 35.5. The van der Waals surface area contributed by atoms with E-state index in [1.54, 1.807) is 36.4 Å². The van der Waals surface area contributed by atoms with Crippen LogP contribution in [0.4, 0.5) is 0 Å². The molecule has 3 aromatic rings. The minimum absolute atomic E-state index is 0.154. The van der Waals surface area contributed by atoms with E-state index in [0.717, 1.165) is 5.39 Å². The Morgan fingerprint density at radius 3 is 2.53 bits per heavy atom. The van der Waals surface area contributed by atoms with Gasteiger partial charge in [-0.3, -0.25) is 0 Å². The molecule has 0 aliphatic carbocycles. The highest BCUT2D eigenvalue weighted by Gasteiger charge is 2.07. The first-order valence-electron chi connectivity index (χ1n) is 5.69. The molecule has 0 saturated heterocycles. The van der Waals surface area contributed by atoms with Crippen LogP contribution in [0.15, 0.2) is 63.8 Å². The maximum Gasteiger partial charge on any atom is 0.379 e. The lowest BCUT2D eigenvalue weighted by Crippen LogP contribution is -2.02. The summed E-state index contributed by atoms with van der Waals surface area (Å²) in [7, 11) is 0. The topological polar surface area (TPSA) is 39.4 Å². The molecule has 0 aliphatic rings. The third-order valence-electron chi connectivity index (χ3n) is 2.65. The molecule has 94 valence electrons. The molecule has 0 aliphatic heterocycles. The van der Waals surface area contributed by atoms with Gasteiger partial charge in [-0.1, -0.05) is 29.8 Å². The summed E-state index contributed by atoms with van der Waals surface area (Å²) >= 11 is 5.79. The molecule has 2 aromatic carbocycles. The molecule has 0 fully saturated rings. The van der Waals surface area contributed by atoms with E-state index in [-0.39, 0.29) is 5.75 Å². The van der Waals surface area contributed by atoms with E-state index in [0.29, 0.717) is 16.4 Å². The third-order valence-corrected chi connectivity index (χ3v) is 2.90. The molecule has 0 radical (unpaired) electrons. The Morgan fingerprint density at radius 2 is 1.74 bits per heavy atom. The summed E-state index contributed by atoms with van der Waals surface area (Å²) < 4.78 is 10.7. The summed E-state index contributed by atoms with van der Waals surface area (Å²) in [5, 5.41) is 1.42. The number of rotatable bonds is 2. The van der Waals surface area contributed by atoms with Gasteiger partial charge in [0.25, 0.3) is 0 Å². The van der Waals surface area contributed by atoms with Crippen LogP contribution >= 0.6 is 11.6 Å². The fraction of sp³-hybridized carbons (Fsp3) is 0. The molecule has 0 saturated carbocycles. The molecule has 0 spiro atoms. The quantitative estimate of drug-likeness (QED) is 0.655. The molecule has 1 aromatic heterocycles. The fourth-order valence-electron chi connectivity index (χ4n) is 1.74. The van der Waals surface area contributed by atoms with Crippen LogP contribution in [0.25, 0.3) is 11.0 Å². The highest BCUT2D eigenvalue weighted by molar-refractivity contribution is 6.30. The minimum atomic E-state index is -0.506. The fourth-order valence-corrected chi connectivity index (χ4v) is 1.87. The number of benzene rings is 2. The van der Waals surface area contributed by atoms with E-state index < -0.39 is 5.63 Å². The van der Waals surface area contributed by atoms with Crippen LogP contribution in [-0.4, -0.2) is 0 Å². The second kappa shape index (κ2) is 4.78. The maximum absolute atomic E-state index is 11.8. The summed E-state index contributed by atoms with van der Waals surface area (Å²) in [6.07, 6.45) is 0. The molecule has 1 heterocycles. The van der Waals surface area contributed by atoms with Gasteiger partial charge in [-0.25, -0.2) is 4.79 Å². The Hall–Kier alpha value is -2.26. The Labute approximate surface area is 114 Å². The van der Waals surface area contributed by atoms with Crippen molar-refractivity contribution < 1.29 is 9.15 Å². The Balaban J connectivity index is 2.03. The van der Waals surface area contributed by atoms with Gasteiger partial charge in [0, 0.05) is 10.4 Å². The van der Waals surface area contributed by atoms with Crippen LogP contribution in [-0.2, 0) is 0 Å². The van der Waals surface area contributed by atoms with Gasteiger partial charge in [-0.2, -0.15) is 0 Å². The zero-order valence-electron chi connectivity index (χ0n) is 9.80. The predicted molar refractivity (Wildman–Crippen MR) is 74.0 cm³/mol. The first-order valence-corrected chi connectivity index (χ1v) is 6.06. The number of para-hydroxylation sites is 1. The smallest absolute Gasteiger partial charge is 0.379 e. The normalized spacial score (nSPS) is 10.6. The highest BCUT2D eigenvalue weighted by Crippen LogP contribution is 2.23. The summed E-state index contributed by atoms with van der Waals surface area (Å²) in [5.74, 6) is 0.688. The lowest BCUT2D eigenvalue weighted by atomic mass is 10.2. The van der Waals surface area contributed by atoms with Crippen molar-refractivity contribution in [2.45, 2.75) is 0 Å². The van der Waals surface area contributed by atoms with E-state index in [2.05, 4.69) is 0 Å². The Bertz CT molecular complexity index is 775. The number of hydrogen-bond acceptors (Lipinski definition) is 3. The van der Waals surface area contributed by atoms with Gasteiger partial charge in [0.2, 0.25) is 5.75 Å². The monoisotopic (exact) mass is 272 g/mol. The number of hydrogen-bond donors (Lipinski definition) is 0. The summed E-state index contributed by atoms with van der Waals surface area (Å²) in [6.45, 7) is 0. The van der Waals surface area contributed by atoms with Gasteiger partial charge in [-0.15, -0.1) is 0 Å². The molecule has 3 nitrogen and oxygen atoms in total. The van der Waals surface area contributed by atoms with Gasteiger partial charge in [-0.05, 0) is 36.4 Å². The van der Waals surface area contributed by atoms with E-state index in [1.165, 1.54) is 0 Å². The van der Waals surface area contributed by atoms with Crippen molar-refractivity contribution in [1.29, 1.82) is 0 Å². The average molecular weight is 273 g/mol. The van der Waals surface area contributed by atoms with E-state index in [9.17, 15) is 4.79 Å². The first-order chi connectivity index (χ1) is 9.22. The molecular formula is C15H9ClO3. The van der Waals surface area contributed by atoms with Gasteiger partial charge in [0.1, 0.15) is 11.3 Å². The minimum Gasteiger partial charge on any atom is -0.450 e. The van der Waals surface area contributed by atoms with Crippen molar-refractivity contribution in [3.05, 3.63) is 70.0 Å². The van der Waals surface area contributed by atoms with Gasteiger partial charge >= 0.3 is 5.63 Å². The largest absolute Gasteiger partial charge is 0.450 e. The molecule has 19 heavy (non-hydrogen) atoms. The number of ether oxygens (including phenoxy) is 1. The standard InChI is InChI=1S/C15H9ClO3/c16-11-5-7-12(8-6-11)18-14-9-10-3-1-2-4-13(10)19-15(14)17/h1-9H. The summed E-state index contributed by atoms with van der Waals surface area (Å²) in [6, 6.07) is 15.7. The lowest BCUT2D eigenvalue weighted by molar-refractivity contribution is 0.437. The molecule has 0 N–H and O–H groups in total. The predicted octanol–water partition coefficient (Wildman–Crippen LogP) is 4.24. The maximum atomic E-state index is 11.8. The van der Waals surface area contributed by atoms with Gasteiger partial charge in [0.15, 0.2) is 0 Å². The Morgan fingerprint density at radius 1 is 1.00 bits per heavy atom. The molecule has 0 atom stereocenters. The van der Waals surface area contributed by atoms with Crippen LogP contribution in [0.3, 0.4) is 0 Å². The molecule has 0 bridgehead atoms. The number of fused-ring (bicyclic) bond motifs is 1. The van der Waals surface area contributed by atoms with Crippen molar-refractivity contribution in [1.82, 2.24) is 0 Å². The van der Waals surface area contributed by atoms with Crippen LogP contribution in [0.2, 0.25) is 5.02 Å². The Kier molecular flexibility index (Phi) is 2.97. The third kappa shape index (κ3) is 2.46. The first kappa shape index (κ1) is 11.8. The van der Waals surface area contributed by atoms with Crippen LogP contribution < -0.4 is 10.4 Å². The molecule has 4 heteroatoms. The zero-order chi connectivity index (χ0) is 13.2. The van der Waals surface area contributed by atoms with Crippen molar-refractivity contribution in [3.8, 4) is 11.5 Å². The molecule has 0 amide bonds.